The van der Waals surface area contributed by atoms with Crippen molar-refractivity contribution >= 4 is 44.3 Å². The SMILES string of the molecule is Cc1nc2ccc(C(=O)NS(=O)(=O)c3ccc([N+](=O)[O-])cc3)cc2n1Cc1ccccc1Cl. The summed E-state index contributed by atoms with van der Waals surface area (Å²) >= 11 is 6.28. The van der Waals surface area contributed by atoms with Crippen LogP contribution in [0.5, 0.6) is 0 Å². The number of aryl methyl sites for hydroxylation is 1. The van der Waals surface area contributed by atoms with Crippen molar-refractivity contribution in [3.05, 3.63) is 98.8 Å². The smallest absolute Gasteiger partial charge is 0.269 e. The number of amides is 1. The first-order valence-electron chi connectivity index (χ1n) is 9.67. The van der Waals surface area contributed by atoms with E-state index in [1.165, 1.54) is 6.07 Å². The number of nitrogens with zero attached hydrogens (tertiary/aromatic N) is 3. The fraction of sp³-hybridized carbons (Fsp3) is 0.0909. The molecule has 0 saturated carbocycles. The second kappa shape index (κ2) is 8.64. The zero-order valence-electron chi connectivity index (χ0n) is 17.2. The van der Waals surface area contributed by atoms with Gasteiger partial charge < -0.3 is 4.57 Å². The van der Waals surface area contributed by atoms with Crippen LogP contribution in [0.15, 0.2) is 71.6 Å². The number of aromatic nitrogens is 2. The predicted octanol–water partition coefficient (Wildman–Crippen LogP) is 4.07. The lowest BCUT2D eigenvalue weighted by molar-refractivity contribution is -0.384. The van der Waals surface area contributed by atoms with Gasteiger partial charge in [-0.15, -0.1) is 0 Å². The quantitative estimate of drug-likeness (QED) is 0.325. The molecule has 1 aromatic heterocycles. The van der Waals surface area contributed by atoms with Gasteiger partial charge in [-0.25, -0.2) is 18.1 Å². The first kappa shape index (κ1) is 22.4. The number of non-ortho nitro benzene ring substituents is 1. The fourth-order valence-electron chi connectivity index (χ4n) is 3.37. The molecule has 4 rings (SSSR count). The number of nitrogens with one attached hydrogen (secondary N) is 1. The van der Waals surface area contributed by atoms with Crippen LogP contribution in [-0.4, -0.2) is 28.8 Å². The second-order valence-corrected chi connectivity index (χ2v) is 9.32. The third-order valence-electron chi connectivity index (χ3n) is 5.07. The molecular weight excluding hydrogens is 468 g/mol. The molecule has 0 fully saturated rings. The Kier molecular flexibility index (Phi) is 5.88. The van der Waals surface area contributed by atoms with Crippen LogP contribution in [0.3, 0.4) is 0 Å². The molecule has 1 N–H and O–H groups in total. The van der Waals surface area contributed by atoms with E-state index in [1.807, 2.05) is 34.4 Å². The summed E-state index contributed by atoms with van der Waals surface area (Å²) in [5, 5.41) is 11.4. The average Bonchev–Trinajstić information content (AvgIpc) is 3.09. The maximum Gasteiger partial charge on any atom is 0.269 e. The lowest BCUT2D eigenvalue weighted by atomic mass is 10.2. The van der Waals surface area contributed by atoms with E-state index in [1.54, 1.807) is 18.2 Å². The van der Waals surface area contributed by atoms with E-state index in [-0.39, 0.29) is 16.1 Å². The van der Waals surface area contributed by atoms with E-state index in [4.69, 9.17) is 11.6 Å². The van der Waals surface area contributed by atoms with Crippen LogP contribution in [0.2, 0.25) is 5.02 Å². The minimum Gasteiger partial charge on any atom is -0.324 e. The van der Waals surface area contributed by atoms with E-state index in [9.17, 15) is 23.3 Å². The monoisotopic (exact) mass is 484 g/mol. The van der Waals surface area contributed by atoms with Gasteiger partial charge in [0.2, 0.25) is 0 Å². The lowest BCUT2D eigenvalue weighted by Crippen LogP contribution is -2.30. The van der Waals surface area contributed by atoms with Crippen LogP contribution < -0.4 is 4.72 Å². The molecule has 168 valence electrons. The predicted molar refractivity (Wildman–Crippen MR) is 123 cm³/mol. The Labute approximate surface area is 193 Å². The number of hydrogen-bond donors (Lipinski definition) is 1. The van der Waals surface area contributed by atoms with E-state index in [0.717, 1.165) is 29.8 Å². The first-order valence-corrected chi connectivity index (χ1v) is 11.5. The van der Waals surface area contributed by atoms with Crippen LogP contribution in [0.1, 0.15) is 21.7 Å². The number of sulfonamides is 1. The van der Waals surface area contributed by atoms with Gasteiger partial charge in [0, 0.05) is 22.7 Å². The number of rotatable bonds is 6. The normalized spacial score (nSPS) is 11.5. The molecule has 4 aromatic rings. The van der Waals surface area contributed by atoms with Crippen molar-refractivity contribution in [1.82, 2.24) is 14.3 Å². The summed E-state index contributed by atoms with van der Waals surface area (Å²) in [5.41, 5.74) is 2.03. The van der Waals surface area contributed by atoms with Gasteiger partial charge >= 0.3 is 0 Å². The molecule has 0 bridgehead atoms. The minimum atomic E-state index is -4.22. The topological polar surface area (TPSA) is 124 Å². The third-order valence-corrected chi connectivity index (χ3v) is 6.79. The average molecular weight is 485 g/mol. The van der Waals surface area contributed by atoms with E-state index >= 15 is 0 Å². The molecule has 1 amide bonds. The molecule has 3 aromatic carbocycles. The molecule has 9 nitrogen and oxygen atoms in total. The first-order chi connectivity index (χ1) is 15.7. The molecule has 0 radical (unpaired) electrons. The van der Waals surface area contributed by atoms with Gasteiger partial charge in [-0.1, -0.05) is 29.8 Å². The summed E-state index contributed by atoms with van der Waals surface area (Å²) in [5.74, 6) is -0.126. The maximum atomic E-state index is 12.7. The summed E-state index contributed by atoms with van der Waals surface area (Å²) < 4.78 is 29.0. The molecule has 11 heteroatoms. The molecular formula is C22H17ClN4O5S. The van der Waals surface area contributed by atoms with Crippen molar-refractivity contribution < 1.29 is 18.1 Å². The number of benzene rings is 3. The molecule has 0 spiro atoms. The number of carbonyl (C=O) groups excluding carboxylic acids is 1. The van der Waals surface area contributed by atoms with Gasteiger partial charge in [0.1, 0.15) is 5.82 Å². The molecule has 33 heavy (non-hydrogen) atoms. The Morgan fingerprint density at radius 3 is 2.48 bits per heavy atom. The van der Waals surface area contributed by atoms with Crippen LogP contribution in [-0.2, 0) is 16.6 Å². The Balaban J connectivity index is 1.63. The molecule has 0 aliphatic carbocycles. The standard InChI is InChI=1S/C22H17ClN4O5S/c1-14-24-20-11-6-15(12-21(20)26(14)13-16-4-2-3-5-19(16)23)22(28)25-33(31,32)18-9-7-17(8-10-18)27(29)30/h2-12H,13H2,1H3,(H,25,28). The molecule has 0 saturated heterocycles. The summed E-state index contributed by atoms with van der Waals surface area (Å²) in [4.78, 5) is 27.1. The Hall–Kier alpha value is -3.76. The van der Waals surface area contributed by atoms with Crippen molar-refractivity contribution in [3.63, 3.8) is 0 Å². The number of hydrogen-bond acceptors (Lipinski definition) is 6. The molecule has 0 unspecified atom stereocenters. The highest BCUT2D eigenvalue weighted by Crippen LogP contribution is 2.23. The third kappa shape index (κ3) is 4.57. The van der Waals surface area contributed by atoms with Crippen molar-refractivity contribution in [2.45, 2.75) is 18.4 Å². The summed E-state index contributed by atoms with van der Waals surface area (Å²) in [7, 11) is -4.22. The van der Waals surface area contributed by atoms with Gasteiger partial charge in [-0.05, 0) is 48.9 Å². The molecule has 0 atom stereocenters. The van der Waals surface area contributed by atoms with Crippen LogP contribution in [0.25, 0.3) is 11.0 Å². The van der Waals surface area contributed by atoms with E-state index in [0.29, 0.717) is 28.4 Å². The van der Waals surface area contributed by atoms with Gasteiger partial charge in [0.05, 0.1) is 27.4 Å². The van der Waals surface area contributed by atoms with Crippen molar-refractivity contribution in [2.24, 2.45) is 0 Å². The Morgan fingerprint density at radius 2 is 1.82 bits per heavy atom. The fourth-order valence-corrected chi connectivity index (χ4v) is 4.54. The molecule has 0 aliphatic heterocycles. The zero-order valence-corrected chi connectivity index (χ0v) is 18.8. The second-order valence-electron chi connectivity index (χ2n) is 7.23. The number of carbonyl (C=O) groups is 1. The highest BCUT2D eigenvalue weighted by Gasteiger charge is 2.21. The number of nitro groups is 1. The zero-order chi connectivity index (χ0) is 23.8. The lowest BCUT2D eigenvalue weighted by Gasteiger charge is -2.10. The van der Waals surface area contributed by atoms with Gasteiger partial charge in [0.25, 0.3) is 21.6 Å². The van der Waals surface area contributed by atoms with Crippen LogP contribution in [0, 0.1) is 17.0 Å². The Morgan fingerprint density at radius 1 is 1.12 bits per heavy atom. The van der Waals surface area contributed by atoms with Gasteiger partial charge in [0.15, 0.2) is 0 Å². The molecule has 0 aliphatic rings. The summed E-state index contributed by atoms with van der Waals surface area (Å²) in [6, 6.07) is 16.3. The number of nitro benzene ring substituents is 1. The number of fused-ring (bicyclic) bond motifs is 1. The largest absolute Gasteiger partial charge is 0.324 e. The van der Waals surface area contributed by atoms with Gasteiger partial charge in [-0.3, -0.25) is 14.9 Å². The summed E-state index contributed by atoms with van der Waals surface area (Å²) in [6.07, 6.45) is 0. The van der Waals surface area contributed by atoms with Crippen molar-refractivity contribution in [2.75, 3.05) is 0 Å². The van der Waals surface area contributed by atoms with Crippen molar-refractivity contribution in [1.29, 1.82) is 0 Å². The van der Waals surface area contributed by atoms with Crippen LogP contribution >= 0.6 is 11.6 Å². The Bertz CT molecular complexity index is 1500. The van der Waals surface area contributed by atoms with E-state index < -0.39 is 20.9 Å². The molecule has 1 heterocycles. The van der Waals surface area contributed by atoms with Crippen LogP contribution in [0.4, 0.5) is 5.69 Å². The highest BCUT2D eigenvalue weighted by molar-refractivity contribution is 7.90. The highest BCUT2D eigenvalue weighted by atomic mass is 35.5. The van der Waals surface area contributed by atoms with E-state index in [2.05, 4.69) is 4.98 Å². The minimum absolute atomic E-state index is 0.119. The van der Waals surface area contributed by atoms with Crippen molar-refractivity contribution in [3.8, 4) is 0 Å². The number of halogens is 1. The van der Waals surface area contributed by atoms with Gasteiger partial charge in [-0.2, -0.15) is 0 Å². The maximum absolute atomic E-state index is 12.7. The number of imidazole rings is 1. The summed E-state index contributed by atoms with van der Waals surface area (Å²) in [6.45, 7) is 2.25.